The van der Waals surface area contributed by atoms with E-state index in [-0.39, 0.29) is 18.4 Å². The van der Waals surface area contributed by atoms with Crippen molar-refractivity contribution >= 4 is 5.91 Å². The summed E-state index contributed by atoms with van der Waals surface area (Å²) < 4.78 is 0. The van der Waals surface area contributed by atoms with Crippen LogP contribution in [0.2, 0.25) is 0 Å². The molecule has 0 aromatic rings. The van der Waals surface area contributed by atoms with Gasteiger partial charge in [0, 0.05) is 19.7 Å². The highest BCUT2D eigenvalue weighted by atomic mass is 16.2. The Morgan fingerprint density at radius 3 is 3.00 bits per heavy atom. The first-order chi connectivity index (χ1) is 6.34. The van der Waals surface area contributed by atoms with Crippen LogP contribution in [0.1, 0.15) is 19.3 Å². The lowest BCUT2D eigenvalue weighted by molar-refractivity contribution is -0.124. The average molecular weight is 186 g/mol. The van der Waals surface area contributed by atoms with Crippen LogP contribution in [0.25, 0.3) is 0 Å². The molecule has 0 radical (unpaired) electrons. The zero-order valence-electron chi connectivity index (χ0n) is 7.88. The smallest absolute Gasteiger partial charge is 0.224 e. The normalized spacial score (nSPS) is 21.8. The summed E-state index contributed by atoms with van der Waals surface area (Å²) in [4.78, 5) is 11.4. The van der Waals surface area contributed by atoms with E-state index in [1.54, 1.807) is 0 Å². The van der Waals surface area contributed by atoms with E-state index >= 15 is 0 Å². The number of rotatable bonds is 5. The molecule has 1 amide bonds. The Labute approximate surface area is 78.7 Å². The minimum absolute atomic E-state index is 0.155. The van der Waals surface area contributed by atoms with Crippen LogP contribution in [-0.4, -0.2) is 37.3 Å². The van der Waals surface area contributed by atoms with Crippen LogP contribution in [0.5, 0.6) is 0 Å². The third kappa shape index (κ3) is 3.74. The lowest BCUT2D eigenvalue weighted by Crippen LogP contribution is -2.32. The summed E-state index contributed by atoms with van der Waals surface area (Å²) in [6, 6.07) is 0. The van der Waals surface area contributed by atoms with Crippen LogP contribution in [0.15, 0.2) is 0 Å². The Balaban J connectivity index is 2.03. The van der Waals surface area contributed by atoms with Gasteiger partial charge in [-0.15, -0.1) is 0 Å². The predicted octanol–water partition coefficient (Wildman–Crippen LogP) is -0.515. The molecule has 1 aliphatic rings. The number of unbranched alkanes of at least 4 members (excludes halogenated alkanes) is 1. The summed E-state index contributed by atoms with van der Waals surface area (Å²) in [5, 5.41) is 14.5. The maximum absolute atomic E-state index is 11.4. The van der Waals surface area contributed by atoms with Crippen molar-refractivity contribution < 1.29 is 9.90 Å². The van der Waals surface area contributed by atoms with E-state index in [2.05, 4.69) is 10.6 Å². The molecule has 13 heavy (non-hydrogen) atoms. The molecule has 1 atom stereocenters. The van der Waals surface area contributed by atoms with E-state index in [1.807, 2.05) is 0 Å². The second-order valence-electron chi connectivity index (χ2n) is 3.41. The molecule has 0 aliphatic carbocycles. The molecule has 1 saturated heterocycles. The van der Waals surface area contributed by atoms with Crippen LogP contribution >= 0.6 is 0 Å². The molecule has 3 N–H and O–H groups in total. The first-order valence-corrected chi connectivity index (χ1v) is 4.94. The average Bonchev–Trinajstić information content (AvgIpc) is 2.65. The fraction of sp³-hybridized carbons (Fsp3) is 0.889. The van der Waals surface area contributed by atoms with Gasteiger partial charge in [0.15, 0.2) is 0 Å². The van der Waals surface area contributed by atoms with Gasteiger partial charge in [-0.2, -0.15) is 0 Å². The van der Waals surface area contributed by atoms with E-state index in [0.29, 0.717) is 6.54 Å². The number of carbonyl (C=O) groups excluding carboxylic acids is 1. The van der Waals surface area contributed by atoms with Crippen molar-refractivity contribution in [2.75, 3.05) is 26.2 Å². The molecule has 0 aromatic carbocycles. The summed E-state index contributed by atoms with van der Waals surface area (Å²) in [5.41, 5.74) is 0. The third-order valence-electron chi connectivity index (χ3n) is 2.32. The largest absolute Gasteiger partial charge is 0.396 e. The molecule has 0 saturated carbocycles. The molecule has 0 aromatic heterocycles. The zero-order valence-corrected chi connectivity index (χ0v) is 7.88. The molecule has 1 heterocycles. The van der Waals surface area contributed by atoms with E-state index in [1.165, 1.54) is 0 Å². The number of aliphatic hydroxyl groups excluding tert-OH is 1. The van der Waals surface area contributed by atoms with E-state index in [9.17, 15) is 4.79 Å². The maximum Gasteiger partial charge on any atom is 0.224 e. The Bertz CT molecular complexity index is 156. The van der Waals surface area contributed by atoms with Gasteiger partial charge in [0.05, 0.1) is 5.92 Å². The van der Waals surface area contributed by atoms with Crippen LogP contribution in [0, 0.1) is 5.92 Å². The zero-order chi connectivity index (χ0) is 9.52. The Kier molecular flexibility index (Phi) is 4.78. The highest BCUT2D eigenvalue weighted by molar-refractivity contribution is 5.79. The quantitative estimate of drug-likeness (QED) is 0.507. The Hall–Kier alpha value is -0.610. The maximum atomic E-state index is 11.4. The van der Waals surface area contributed by atoms with Crippen LogP contribution in [0.4, 0.5) is 0 Å². The summed E-state index contributed by atoms with van der Waals surface area (Å²) in [6.07, 6.45) is 2.58. The standard InChI is InChI=1S/C9H18N2O2/c12-6-2-1-4-11-9(13)8-3-5-10-7-8/h8,10,12H,1-7H2,(H,11,13). The van der Waals surface area contributed by atoms with Gasteiger partial charge in [0.1, 0.15) is 0 Å². The Morgan fingerprint density at radius 1 is 1.54 bits per heavy atom. The van der Waals surface area contributed by atoms with Crippen molar-refractivity contribution in [3.63, 3.8) is 0 Å². The minimum Gasteiger partial charge on any atom is -0.396 e. The predicted molar refractivity (Wildman–Crippen MR) is 50.3 cm³/mol. The number of hydrogen-bond donors (Lipinski definition) is 3. The highest BCUT2D eigenvalue weighted by Crippen LogP contribution is 2.06. The lowest BCUT2D eigenvalue weighted by atomic mass is 10.1. The van der Waals surface area contributed by atoms with Crippen LogP contribution in [-0.2, 0) is 4.79 Å². The summed E-state index contributed by atoms with van der Waals surface area (Å²) in [5.74, 6) is 0.317. The van der Waals surface area contributed by atoms with Gasteiger partial charge >= 0.3 is 0 Å². The summed E-state index contributed by atoms with van der Waals surface area (Å²) >= 11 is 0. The van der Waals surface area contributed by atoms with E-state index < -0.39 is 0 Å². The summed E-state index contributed by atoms with van der Waals surface area (Å²) in [6.45, 7) is 2.66. The molecule has 0 spiro atoms. The second kappa shape index (κ2) is 5.94. The highest BCUT2D eigenvalue weighted by Gasteiger charge is 2.21. The number of nitrogens with one attached hydrogen (secondary N) is 2. The first-order valence-electron chi connectivity index (χ1n) is 4.94. The van der Waals surface area contributed by atoms with Gasteiger partial charge in [-0.25, -0.2) is 0 Å². The van der Waals surface area contributed by atoms with Crippen molar-refractivity contribution in [2.24, 2.45) is 5.92 Å². The van der Waals surface area contributed by atoms with Crippen molar-refractivity contribution in [1.82, 2.24) is 10.6 Å². The molecule has 1 unspecified atom stereocenters. The first kappa shape index (κ1) is 10.5. The number of hydrogen-bond acceptors (Lipinski definition) is 3. The monoisotopic (exact) mass is 186 g/mol. The van der Waals surface area contributed by atoms with Gasteiger partial charge in [-0.3, -0.25) is 4.79 Å². The molecule has 1 fully saturated rings. The molecular weight excluding hydrogens is 168 g/mol. The van der Waals surface area contributed by atoms with Gasteiger partial charge in [-0.05, 0) is 25.8 Å². The lowest BCUT2D eigenvalue weighted by Gasteiger charge is -2.08. The van der Waals surface area contributed by atoms with E-state index in [0.717, 1.165) is 32.4 Å². The fourth-order valence-corrected chi connectivity index (χ4v) is 1.47. The minimum atomic E-state index is 0.155. The summed E-state index contributed by atoms with van der Waals surface area (Å²) in [7, 11) is 0. The van der Waals surface area contributed by atoms with Gasteiger partial charge in [0.2, 0.25) is 5.91 Å². The number of carbonyl (C=O) groups is 1. The van der Waals surface area contributed by atoms with E-state index in [4.69, 9.17) is 5.11 Å². The van der Waals surface area contributed by atoms with Crippen molar-refractivity contribution in [2.45, 2.75) is 19.3 Å². The second-order valence-corrected chi connectivity index (χ2v) is 3.41. The molecule has 1 rings (SSSR count). The molecule has 4 nitrogen and oxygen atoms in total. The van der Waals surface area contributed by atoms with Crippen molar-refractivity contribution in [3.05, 3.63) is 0 Å². The van der Waals surface area contributed by atoms with Gasteiger partial charge in [0.25, 0.3) is 0 Å². The fourth-order valence-electron chi connectivity index (χ4n) is 1.47. The molecule has 0 bridgehead atoms. The Morgan fingerprint density at radius 2 is 2.38 bits per heavy atom. The third-order valence-corrected chi connectivity index (χ3v) is 2.32. The molecule has 76 valence electrons. The number of amides is 1. The molecule has 4 heteroatoms. The topological polar surface area (TPSA) is 61.4 Å². The van der Waals surface area contributed by atoms with Gasteiger partial charge < -0.3 is 15.7 Å². The SMILES string of the molecule is O=C(NCCCCO)C1CCNC1. The van der Waals surface area contributed by atoms with Crippen LogP contribution in [0.3, 0.4) is 0 Å². The molecule has 1 aliphatic heterocycles. The van der Waals surface area contributed by atoms with Gasteiger partial charge in [-0.1, -0.05) is 0 Å². The van der Waals surface area contributed by atoms with Crippen LogP contribution < -0.4 is 10.6 Å². The molecular formula is C9H18N2O2. The number of aliphatic hydroxyl groups is 1. The van der Waals surface area contributed by atoms with Crippen molar-refractivity contribution in [1.29, 1.82) is 0 Å². The van der Waals surface area contributed by atoms with Crippen molar-refractivity contribution in [3.8, 4) is 0 Å².